The lowest BCUT2D eigenvalue weighted by molar-refractivity contribution is -0.264. The maximum absolute atomic E-state index is 12.0. The van der Waals surface area contributed by atoms with Crippen LogP contribution >= 0.6 is 0 Å². The number of aliphatic hydroxyl groups excluding tert-OH is 2. The van der Waals surface area contributed by atoms with Gasteiger partial charge in [-0.15, -0.1) is 6.58 Å². The maximum atomic E-state index is 12.0. The number of hydrogen-bond donors (Lipinski definition) is 3. The summed E-state index contributed by atoms with van der Waals surface area (Å²) >= 11 is 0. The molecule has 0 saturated heterocycles. The molecular formula is C22H34O5. The topological polar surface area (TPSA) is 87.0 Å². The lowest BCUT2D eigenvalue weighted by atomic mass is 9.41. The number of hydrogen-bond acceptors (Lipinski definition) is 5. The zero-order valence-corrected chi connectivity index (χ0v) is 17.2. The molecule has 27 heavy (non-hydrogen) atoms. The Morgan fingerprint density at radius 3 is 2.41 bits per heavy atom. The number of carbonyl (C=O) groups is 1. The molecule has 0 heterocycles. The molecule has 0 spiro atoms. The number of carbonyl (C=O) groups excluding carboxylic acids is 1. The van der Waals surface area contributed by atoms with Gasteiger partial charge in [-0.3, -0.25) is 4.79 Å². The van der Waals surface area contributed by atoms with E-state index in [9.17, 15) is 20.1 Å². The number of aliphatic hydroxyl groups is 3. The highest BCUT2D eigenvalue weighted by Gasteiger charge is 2.71. The van der Waals surface area contributed by atoms with Crippen molar-refractivity contribution < 1.29 is 24.9 Å². The Balaban J connectivity index is 2.23. The normalized spacial score (nSPS) is 48.7. The third-order valence-corrected chi connectivity index (χ3v) is 7.85. The van der Waals surface area contributed by atoms with E-state index in [4.69, 9.17) is 4.74 Å². The van der Waals surface area contributed by atoms with Crippen molar-refractivity contribution in [1.29, 1.82) is 0 Å². The van der Waals surface area contributed by atoms with Crippen LogP contribution in [-0.4, -0.2) is 45.2 Å². The van der Waals surface area contributed by atoms with Crippen molar-refractivity contribution in [2.24, 2.45) is 22.2 Å². The maximum Gasteiger partial charge on any atom is 0.302 e. The first kappa shape index (κ1) is 20.6. The minimum atomic E-state index is -1.35. The van der Waals surface area contributed by atoms with Gasteiger partial charge < -0.3 is 20.1 Å². The second-order valence-electron chi connectivity index (χ2n) is 9.99. The summed E-state index contributed by atoms with van der Waals surface area (Å²) in [6, 6.07) is 0. The molecular weight excluding hydrogens is 344 g/mol. The van der Waals surface area contributed by atoms with Crippen molar-refractivity contribution >= 4 is 5.97 Å². The van der Waals surface area contributed by atoms with Crippen LogP contribution in [0.5, 0.6) is 0 Å². The number of ether oxygens (including phenoxy) is 1. The van der Waals surface area contributed by atoms with Crippen molar-refractivity contribution in [3.63, 3.8) is 0 Å². The first-order valence-electron chi connectivity index (χ1n) is 9.95. The van der Waals surface area contributed by atoms with Gasteiger partial charge in [0.25, 0.3) is 0 Å². The first-order valence-corrected chi connectivity index (χ1v) is 9.95. The minimum Gasteiger partial charge on any atom is -0.462 e. The predicted molar refractivity (Wildman–Crippen MR) is 103 cm³/mol. The molecule has 3 N–H and O–H groups in total. The summed E-state index contributed by atoms with van der Waals surface area (Å²) in [6.07, 6.45) is 3.44. The van der Waals surface area contributed by atoms with Crippen LogP contribution in [0.1, 0.15) is 60.3 Å². The van der Waals surface area contributed by atoms with Gasteiger partial charge >= 0.3 is 5.97 Å². The Kier molecular flexibility index (Phi) is 4.69. The molecule has 0 radical (unpaired) electrons. The van der Waals surface area contributed by atoms with Crippen molar-refractivity contribution in [1.82, 2.24) is 0 Å². The summed E-state index contributed by atoms with van der Waals surface area (Å²) in [7, 11) is 0. The van der Waals surface area contributed by atoms with Crippen LogP contribution in [-0.2, 0) is 9.53 Å². The van der Waals surface area contributed by atoms with Crippen LogP contribution in [0, 0.1) is 22.2 Å². The molecule has 3 rings (SSSR count). The van der Waals surface area contributed by atoms with Crippen molar-refractivity contribution in [3.05, 3.63) is 24.3 Å². The largest absolute Gasteiger partial charge is 0.462 e. The van der Waals surface area contributed by atoms with Crippen molar-refractivity contribution in [2.45, 2.75) is 84.2 Å². The molecule has 0 aromatic rings. The van der Waals surface area contributed by atoms with Crippen LogP contribution in [0.25, 0.3) is 0 Å². The van der Waals surface area contributed by atoms with Gasteiger partial charge in [-0.05, 0) is 36.7 Å². The van der Waals surface area contributed by atoms with Gasteiger partial charge in [-0.25, -0.2) is 0 Å². The van der Waals surface area contributed by atoms with Gasteiger partial charge in [0.05, 0.1) is 11.7 Å². The summed E-state index contributed by atoms with van der Waals surface area (Å²) in [6.45, 7) is 13.3. The first-order chi connectivity index (χ1) is 12.3. The monoisotopic (exact) mass is 378 g/mol. The molecule has 5 nitrogen and oxygen atoms in total. The minimum absolute atomic E-state index is 0.313. The fraction of sp³-hybridized carbons (Fsp3) is 0.773. The van der Waals surface area contributed by atoms with E-state index in [1.165, 1.54) is 6.92 Å². The molecule has 2 saturated carbocycles. The van der Waals surface area contributed by atoms with Gasteiger partial charge in [0, 0.05) is 23.7 Å². The third kappa shape index (κ3) is 2.73. The molecule has 0 unspecified atom stereocenters. The van der Waals surface area contributed by atoms with E-state index in [1.54, 1.807) is 0 Å². The Labute approximate surface area is 162 Å². The molecule has 0 bridgehead atoms. The summed E-state index contributed by atoms with van der Waals surface area (Å²) in [5.74, 6) is -0.797. The smallest absolute Gasteiger partial charge is 0.302 e. The standard InChI is InChI=1S/C22H34O5/c1-7-20(5)10-11-22(26)14(12-20)16(24)17(25)18-19(3,4)9-8-15(21(18,22)6)27-13(2)23/h7,12,15-18,24-26H,1,8-11H2,2-6H3/t15-,16-,17+,18+,20+,21+,22-/m1/s1. The summed E-state index contributed by atoms with van der Waals surface area (Å²) in [5, 5.41) is 34.2. The molecule has 0 aliphatic heterocycles. The Hall–Kier alpha value is -1.17. The number of esters is 1. The van der Waals surface area contributed by atoms with Crippen LogP contribution in [0.4, 0.5) is 0 Å². The molecule has 0 aromatic heterocycles. The SMILES string of the molecule is C=C[C@]1(C)C=C2[C@@H](O)[C@H](O)[C@H]3C(C)(C)CC[C@@H](OC(C)=O)[C@]3(C)[C@@]2(O)CC1. The van der Waals surface area contributed by atoms with Gasteiger partial charge in [-0.2, -0.15) is 0 Å². The summed E-state index contributed by atoms with van der Waals surface area (Å²) in [5.41, 5.74) is -2.47. The Morgan fingerprint density at radius 1 is 1.22 bits per heavy atom. The molecule has 2 fully saturated rings. The molecule has 7 atom stereocenters. The van der Waals surface area contributed by atoms with Crippen LogP contribution in [0.2, 0.25) is 0 Å². The van der Waals surface area contributed by atoms with Gasteiger partial charge in [0.15, 0.2) is 0 Å². The predicted octanol–water partition coefficient (Wildman–Crippen LogP) is 2.74. The van der Waals surface area contributed by atoms with Crippen molar-refractivity contribution in [3.8, 4) is 0 Å². The molecule has 3 aliphatic carbocycles. The van der Waals surface area contributed by atoms with Gasteiger partial charge in [0.2, 0.25) is 0 Å². The number of rotatable bonds is 2. The van der Waals surface area contributed by atoms with Crippen LogP contribution in [0.15, 0.2) is 24.3 Å². The Bertz CT molecular complexity index is 682. The quantitative estimate of drug-likeness (QED) is 0.508. The molecule has 3 aliphatic rings. The second-order valence-corrected chi connectivity index (χ2v) is 9.99. The third-order valence-electron chi connectivity index (χ3n) is 7.85. The number of allylic oxidation sites excluding steroid dienone is 2. The van der Waals surface area contributed by atoms with E-state index >= 15 is 0 Å². The lowest BCUT2D eigenvalue weighted by Crippen LogP contribution is -2.73. The van der Waals surface area contributed by atoms with E-state index < -0.39 is 35.2 Å². The van der Waals surface area contributed by atoms with E-state index in [2.05, 4.69) is 20.4 Å². The second kappa shape index (κ2) is 6.16. The molecule has 5 heteroatoms. The average Bonchev–Trinajstić information content (AvgIpc) is 2.57. The molecule has 0 amide bonds. The zero-order valence-electron chi connectivity index (χ0n) is 17.2. The molecule has 0 aromatic carbocycles. The van der Waals surface area contributed by atoms with Gasteiger partial charge in [-0.1, -0.05) is 39.8 Å². The van der Waals surface area contributed by atoms with Gasteiger partial charge in [0.1, 0.15) is 12.2 Å². The highest BCUT2D eigenvalue weighted by atomic mass is 16.5. The highest BCUT2D eigenvalue weighted by molar-refractivity contribution is 5.66. The van der Waals surface area contributed by atoms with Crippen LogP contribution in [0.3, 0.4) is 0 Å². The van der Waals surface area contributed by atoms with Crippen molar-refractivity contribution in [2.75, 3.05) is 0 Å². The van der Waals surface area contributed by atoms with Crippen LogP contribution < -0.4 is 0 Å². The van der Waals surface area contributed by atoms with E-state index in [-0.39, 0.29) is 16.8 Å². The molecule has 152 valence electrons. The van der Waals surface area contributed by atoms with E-state index in [0.717, 1.165) is 6.42 Å². The lowest BCUT2D eigenvalue weighted by Gasteiger charge is -2.67. The zero-order chi connectivity index (χ0) is 20.4. The summed E-state index contributed by atoms with van der Waals surface area (Å²) < 4.78 is 5.69. The van der Waals surface area contributed by atoms with E-state index in [1.807, 2.05) is 26.0 Å². The highest BCUT2D eigenvalue weighted by Crippen LogP contribution is 2.66. The van der Waals surface area contributed by atoms with E-state index in [0.29, 0.717) is 24.8 Å². The Morgan fingerprint density at radius 2 is 1.85 bits per heavy atom. The fourth-order valence-corrected chi connectivity index (χ4v) is 6.27. The summed E-state index contributed by atoms with van der Waals surface area (Å²) in [4.78, 5) is 11.8. The fourth-order valence-electron chi connectivity index (χ4n) is 6.27. The average molecular weight is 379 g/mol. The number of fused-ring (bicyclic) bond motifs is 3.